The molecule has 1 aliphatic heterocycles. The number of Topliss-reactive ketones (excluding diaryl/α,β-unsaturated/α-hetero) is 1. The second-order valence-corrected chi connectivity index (χ2v) is 7.85. The van der Waals surface area contributed by atoms with Crippen molar-refractivity contribution in [2.75, 3.05) is 11.5 Å². The molecule has 94 valence electrons. The molecule has 0 amide bonds. The average Bonchev–Trinajstić information content (AvgIpc) is 2.85. The number of sulfone groups is 1. The number of hydrogen-bond acceptors (Lipinski definition) is 4. The van der Waals surface area contributed by atoms with Crippen LogP contribution in [0.15, 0.2) is 17.5 Å². The van der Waals surface area contributed by atoms with Crippen LogP contribution in [0, 0.1) is 5.92 Å². The lowest BCUT2D eigenvalue weighted by Crippen LogP contribution is -2.10. The Bertz CT molecular complexity index is 474. The highest BCUT2D eigenvalue weighted by atomic mass is 32.2. The van der Waals surface area contributed by atoms with E-state index in [1.165, 1.54) is 4.88 Å². The van der Waals surface area contributed by atoms with Crippen molar-refractivity contribution in [3.63, 3.8) is 0 Å². The second-order valence-electron chi connectivity index (χ2n) is 4.59. The van der Waals surface area contributed by atoms with Gasteiger partial charge in [0.2, 0.25) is 0 Å². The molecule has 2 heterocycles. The van der Waals surface area contributed by atoms with E-state index in [2.05, 4.69) is 0 Å². The van der Waals surface area contributed by atoms with Crippen molar-refractivity contribution in [1.82, 2.24) is 0 Å². The number of thiophene rings is 1. The molecule has 1 aliphatic rings. The smallest absolute Gasteiger partial charge is 0.150 e. The maximum Gasteiger partial charge on any atom is 0.150 e. The lowest BCUT2D eigenvalue weighted by atomic mass is 9.99. The van der Waals surface area contributed by atoms with Crippen molar-refractivity contribution in [2.24, 2.45) is 5.92 Å². The minimum absolute atomic E-state index is 0.0656. The molecule has 0 saturated carbocycles. The first-order valence-electron chi connectivity index (χ1n) is 5.80. The molecular weight excluding hydrogens is 256 g/mol. The summed E-state index contributed by atoms with van der Waals surface area (Å²) in [6.45, 7) is 0. The second kappa shape index (κ2) is 5.31. The van der Waals surface area contributed by atoms with Crippen molar-refractivity contribution in [3.8, 4) is 0 Å². The number of ketones is 1. The Morgan fingerprint density at radius 3 is 2.88 bits per heavy atom. The highest BCUT2D eigenvalue weighted by Crippen LogP contribution is 2.22. The summed E-state index contributed by atoms with van der Waals surface area (Å²) < 4.78 is 22.5. The molecule has 0 spiro atoms. The summed E-state index contributed by atoms with van der Waals surface area (Å²) in [6.07, 6.45) is 2.42. The zero-order valence-corrected chi connectivity index (χ0v) is 11.2. The number of carbonyl (C=O) groups is 1. The quantitative estimate of drug-likeness (QED) is 0.824. The van der Waals surface area contributed by atoms with Crippen molar-refractivity contribution in [2.45, 2.75) is 25.7 Å². The molecule has 1 aromatic heterocycles. The van der Waals surface area contributed by atoms with Gasteiger partial charge in [0.25, 0.3) is 0 Å². The SMILES string of the molecule is O=C(CCc1cccs1)CC1CCS(=O)(=O)C1. The molecule has 0 bridgehead atoms. The molecule has 5 heteroatoms. The van der Waals surface area contributed by atoms with Crippen molar-refractivity contribution >= 4 is 27.0 Å². The Balaban J connectivity index is 1.75. The van der Waals surface area contributed by atoms with Gasteiger partial charge in [-0.15, -0.1) is 11.3 Å². The van der Waals surface area contributed by atoms with Gasteiger partial charge in [-0.3, -0.25) is 4.79 Å². The molecule has 0 aromatic carbocycles. The largest absolute Gasteiger partial charge is 0.300 e. The van der Waals surface area contributed by atoms with Gasteiger partial charge in [0.15, 0.2) is 9.84 Å². The minimum atomic E-state index is -2.85. The van der Waals surface area contributed by atoms with E-state index in [-0.39, 0.29) is 23.2 Å². The van der Waals surface area contributed by atoms with Crippen molar-refractivity contribution in [1.29, 1.82) is 0 Å². The zero-order valence-electron chi connectivity index (χ0n) is 9.59. The Hall–Kier alpha value is -0.680. The molecule has 1 atom stereocenters. The van der Waals surface area contributed by atoms with Gasteiger partial charge in [0, 0.05) is 17.7 Å². The monoisotopic (exact) mass is 272 g/mol. The van der Waals surface area contributed by atoms with Crippen LogP contribution in [0.3, 0.4) is 0 Å². The van der Waals surface area contributed by atoms with E-state index in [1.807, 2.05) is 17.5 Å². The fourth-order valence-electron chi connectivity index (χ4n) is 2.17. The Morgan fingerprint density at radius 1 is 1.47 bits per heavy atom. The van der Waals surface area contributed by atoms with Crippen LogP contribution in [-0.2, 0) is 21.1 Å². The first kappa shape index (κ1) is 12.8. The maximum atomic E-state index is 11.7. The molecule has 0 N–H and O–H groups in total. The average molecular weight is 272 g/mol. The predicted octanol–water partition coefficient (Wildman–Crippen LogP) is 2.07. The summed E-state index contributed by atoms with van der Waals surface area (Å²) in [5, 5.41) is 2.00. The van der Waals surface area contributed by atoms with E-state index >= 15 is 0 Å². The standard InChI is InChI=1S/C12H16O3S2/c13-11(3-4-12-2-1-6-16-12)8-10-5-7-17(14,15)9-10/h1-2,6,10H,3-5,7-9H2. The molecule has 1 aromatic rings. The highest BCUT2D eigenvalue weighted by molar-refractivity contribution is 7.91. The summed E-state index contributed by atoms with van der Waals surface area (Å²) in [4.78, 5) is 12.9. The summed E-state index contributed by atoms with van der Waals surface area (Å²) in [5.41, 5.74) is 0. The van der Waals surface area contributed by atoms with Gasteiger partial charge < -0.3 is 0 Å². The van der Waals surface area contributed by atoms with E-state index in [4.69, 9.17) is 0 Å². The van der Waals surface area contributed by atoms with E-state index in [0.717, 1.165) is 6.42 Å². The molecule has 0 aliphatic carbocycles. The summed E-state index contributed by atoms with van der Waals surface area (Å²) in [7, 11) is -2.85. The van der Waals surface area contributed by atoms with Gasteiger partial charge in [0.05, 0.1) is 11.5 Å². The number of carbonyl (C=O) groups excluding carboxylic acids is 1. The normalized spacial score (nSPS) is 22.7. The maximum absolute atomic E-state index is 11.7. The Labute approximate surface area is 106 Å². The molecule has 3 nitrogen and oxygen atoms in total. The van der Waals surface area contributed by atoms with Crippen LogP contribution in [0.2, 0.25) is 0 Å². The van der Waals surface area contributed by atoms with Crippen LogP contribution in [0.4, 0.5) is 0 Å². The third-order valence-corrected chi connectivity index (χ3v) is 5.85. The van der Waals surface area contributed by atoms with Crippen molar-refractivity contribution in [3.05, 3.63) is 22.4 Å². The number of rotatable bonds is 5. The van der Waals surface area contributed by atoms with Crippen molar-refractivity contribution < 1.29 is 13.2 Å². The van der Waals surface area contributed by atoms with E-state index in [1.54, 1.807) is 11.3 Å². The fourth-order valence-corrected chi connectivity index (χ4v) is 4.75. The zero-order chi connectivity index (χ0) is 12.3. The highest BCUT2D eigenvalue weighted by Gasteiger charge is 2.29. The molecule has 1 saturated heterocycles. The Kier molecular flexibility index (Phi) is 3.99. The molecular formula is C12H16O3S2. The van der Waals surface area contributed by atoms with E-state index < -0.39 is 9.84 Å². The first-order valence-corrected chi connectivity index (χ1v) is 8.50. The molecule has 2 rings (SSSR count). The van der Waals surface area contributed by atoms with Crippen LogP contribution in [0.25, 0.3) is 0 Å². The predicted molar refractivity (Wildman–Crippen MR) is 69.0 cm³/mol. The number of aryl methyl sites for hydroxylation is 1. The van der Waals surface area contributed by atoms with Gasteiger partial charge in [-0.2, -0.15) is 0 Å². The van der Waals surface area contributed by atoms with Gasteiger partial charge >= 0.3 is 0 Å². The van der Waals surface area contributed by atoms with E-state index in [9.17, 15) is 13.2 Å². The van der Waals surface area contributed by atoms with E-state index in [0.29, 0.717) is 19.3 Å². The molecule has 1 unspecified atom stereocenters. The van der Waals surface area contributed by atoms with Crippen LogP contribution >= 0.6 is 11.3 Å². The van der Waals surface area contributed by atoms with Crippen LogP contribution < -0.4 is 0 Å². The molecule has 1 fully saturated rings. The third-order valence-electron chi connectivity index (χ3n) is 3.07. The van der Waals surface area contributed by atoms with Gasteiger partial charge in [-0.05, 0) is 30.2 Å². The fraction of sp³-hybridized carbons (Fsp3) is 0.583. The van der Waals surface area contributed by atoms with Gasteiger partial charge in [0.1, 0.15) is 5.78 Å². The van der Waals surface area contributed by atoms with Crippen LogP contribution in [0.5, 0.6) is 0 Å². The summed E-state index contributed by atoms with van der Waals surface area (Å²) in [5.74, 6) is 0.726. The lowest BCUT2D eigenvalue weighted by molar-refractivity contribution is -0.119. The molecule has 17 heavy (non-hydrogen) atoms. The number of hydrogen-bond donors (Lipinski definition) is 0. The minimum Gasteiger partial charge on any atom is -0.300 e. The van der Waals surface area contributed by atoms with Gasteiger partial charge in [-0.25, -0.2) is 8.42 Å². The lowest BCUT2D eigenvalue weighted by Gasteiger charge is -2.05. The molecule has 0 radical (unpaired) electrons. The van der Waals surface area contributed by atoms with Gasteiger partial charge in [-0.1, -0.05) is 6.07 Å². The summed E-state index contributed by atoms with van der Waals surface area (Å²) >= 11 is 1.66. The van der Waals surface area contributed by atoms with Crippen LogP contribution in [0.1, 0.15) is 24.1 Å². The summed E-state index contributed by atoms with van der Waals surface area (Å²) in [6, 6.07) is 4.01. The topological polar surface area (TPSA) is 51.2 Å². The Morgan fingerprint density at radius 2 is 2.29 bits per heavy atom. The third kappa shape index (κ3) is 3.92. The van der Waals surface area contributed by atoms with Crippen LogP contribution in [-0.4, -0.2) is 25.7 Å². The first-order chi connectivity index (χ1) is 8.05.